The summed E-state index contributed by atoms with van der Waals surface area (Å²) in [6, 6.07) is 8.73. The van der Waals surface area contributed by atoms with Crippen LogP contribution < -0.4 is 24.4 Å². The zero-order chi connectivity index (χ0) is 21.4. The SMILES string of the molecule is COCc1cc(/C(C)=N\NC(=O)c2cc(OC)c(OC)c(OC)c2)ccc1OC. The summed E-state index contributed by atoms with van der Waals surface area (Å²) < 4.78 is 26.4. The summed E-state index contributed by atoms with van der Waals surface area (Å²) in [6.07, 6.45) is 0. The third-order valence-corrected chi connectivity index (χ3v) is 4.25. The molecule has 2 aromatic rings. The molecule has 1 N–H and O–H groups in total. The van der Waals surface area contributed by atoms with Crippen LogP contribution in [0.3, 0.4) is 0 Å². The quantitative estimate of drug-likeness (QED) is 0.512. The molecule has 8 nitrogen and oxygen atoms in total. The molecule has 0 heterocycles. The van der Waals surface area contributed by atoms with Gasteiger partial charge >= 0.3 is 0 Å². The number of rotatable bonds is 9. The number of amides is 1. The van der Waals surface area contributed by atoms with Crippen molar-refractivity contribution < 1.29 is 28.5 Å². The Morgan fingerprint density at radius 3 is 2.00 bits per heavy atom. The molecule has 0 aliphatic carbocycles. The lowest BCUT2D eigenvalue weighted by molar-refractivity contribution is 0.0954. The first-order chi connectivity index (χ1) is 14.0. The molecule has 0 bridgehead atoms. The fourth-order valence-electron chi connectivity index (χ4n) is 2.75. The van der Waals surface area contributed by atoms with Gasteiger partial charge in [-0.05, 0) is 42.8 Å². The normalized spacial score (nSPS) is 11.0. The smallest absolute Gasteiger partial charge is 0.271 e. The van der Waals surface area contributed by atoms with E-state index in [-0.39, 0.29) is 0 Å². The standard InChI is InChI=1S/C21H26N2O6/c1-13(14-7-8-17(26-3)16(9-14)12-25-2)22-23-21(24)15-10-18(27-4)20(29-6)19(11-15)28-5/h7-11H,12H2,1-6H3,(H,23,24)/b22-13-. The number of hydrogen-bond acceptors (Lipinski definition) is 7. The zero-order valence-electron chi connectivity index (χ0n) is 17.5. The Morgan fingerprint density at radius 1 is 0.862 bits per heavy atom. The van der Waals surface area contributed by atoms with Crippen LogP contribution in [0.1, 0.15) is 28.4 Å². The highest BCUT2D eigenvalue weighted by molar-refractivity contribution is 6.01. The number of nitrogens with zero attached hydrogens (tertiary/aromatic N) is 1. The van der Waals surface area contributed by atoms with E-state index in [1.165, 1.54) is 21.3 Å². The zero-order valence-corrected chi connectivity index (χ0v) is 17.5. The molecule has 0 atom stereocenters. The molecule has 1 amide bonds. The van der Waals surface area contributed by atoms with E-state index in [1.807, 2.05) is 18.2 Å². The van der Waals surface area contributed by atoms with Gasteiger partial charge in [-0.15, -0.1) is 0 Å². The largest absolute Gasteiger partial charge is 0.496 e. The molecular formula is C21H26N2O6. The van der Waals surface area contributed by atoms with Gasteiger partial charge in [0.05, 0.1) is 40.8 Å². The van der Waals surface area contributed by atoms with Gasteiger partial charge in [0.1, 0.15) is 5.75 Å². The fraction of sp³-hybridized carbons (Fsp3) is 0.333. The van der Waals surface area contributed by atoms with Crippen molar-refractivity contribution in [3.05, 3.63) is 47.0 Å². The summed E-state index contributed by atoms with van der Waals surface area (Å²) in [4.78, 5) is 12.6. The van der Waals surface area contributed by atoms with E-state index in [9.17, 15) is 4.79 Å². The molecular weight excluding hydrogens is 376 g/mol. The number of benzene rings is 2. The first kappa shape index (κ1) is 22.0. The van der Waals surface area contributed by atoms with Gasteiger partial charge in [-0.1, -0.05) is 0 Å². The number of carbonyl (C=O) groups excluding carboxylic acids is 1. The number of carbonyl (C=O) groups is 1. The lowest BCUT2D eigenvalue weighted by Crippen LogP contribution is -2.19. The van der Waals surface area contributed by atoms with Crippen LogP contribution >= 0.6 is 0 Å². The predicted octanol–water partition coefficient (Wildman–Crippen LogP) is 3.02. The van der Waals surface area contributed by atoms with Crippen LogP contribution in [0.5, 0.6) is 23.0 Å². The van der Waals surface area contributed by atoms with Crippen LogP contribution in [-0.2, 0) is 11.3 Å². The van der Waals surface area contributed by atoms with Crippen LogP contribution in [0.2, 0.25) is 0 Å². The topological polar surface area (TPSA) is 87.6 Å². The van der Waals surface area contributed by atoms with Crippen LogP contribution in [-0.4, -0.2) is 47.2 Å². The minimum absolute atomic E-state index is 0.325. The lowest BCUT2D eigenvalue weighted by Gasteiger charge is -2.13. The van der Waals surface area contributed by atoms with Gasteiger partial charge in [0.15, 0.2) is 11.5 Å². The summed E-state index contributed by atoms with van der Waals surface area (Å²) >= 11 is 0. The highest BCUT2D eigenvalue weighted by Gasteiger charge is 2.17. The Morgan fingerprint density at radius 2 is 1.48 bits per heavy atom. The molecule has 0 radical (unpaired) electrons. The van der Waals surface area contributed by atoms with Crippen molar-refractivity contribution in [2.24, 2.45) is 5.10 Å². The molecule has 0 aliphatic heterocycles. The Hall–Kier alpha value is -3.26. The van der Waals surface area contributed by atoms with Crippen LogP contribution in [0.4, 0.5) is 0 Å². The molecule has 0 aromatic heterocycles. The van der Waals surface area contributed by atoms with E-state index in [0.29, 0.717) is 35.1 Å². The summed E-state index contributed by atoms with van der Waals surface area (Å²) in [5.41, 5.74) is 5.23. The molecule has 0 unspecified atom stereocenters. The third-order valence-electron chi connectivity index (χ3n) is 4.25. The third kappa shape index (κ3) is 5.17. The van der Waals surface area contributed by atoms with Gasteiger partial charge in [0.25, 0.3) is 5.91 Å². The van der Waals surface area contributed by atoms with E-state index in [2.05, 4.69) is 10.5 Å². The number of ether oxygens (including phenoxy) is 5. The van der Waals surface area contributed by atoms with Crippen LogP contribution in [0.15, 0.2) is 35.4 Å². The molecule has 0 saturated carbocycles. The van der Waals surface area contributed by atoms with E-state index >= 15 is 0 Å². The molecule has 0 saturated heterocycles. The van der Waals surface area contributed by atoms with Crippen molar-refractivity contribution in [2.75, 3.05) is 35.5 Å². The molecule has 0 fully saturated rings. The minimum atomic E-state index is -0.408. The number of methoxy groups -OCH3 is 5. The molecule has 0 aliphatic rings. The maximum Gasteiger partial charge on any atom is 0.271 e. The monoisotopic (exact) mass is 402 g/mol. The first-order valence-electron chi connectivity index (χ1n) is 8.79. The Balaban J connectivity index is 2.25. The molecule has 8 heteroatoms. The van der Waals surface area contributed by atoms with Gasteiger partial charge < -0.3 is 23.7 Å². The minimum Gasteiger partial charge on any atom is -0.496 e. The van der Waals surface area contributed by atoms with E-state index in [1.54, 1.807) is 33.3 Å². The van der Waals surface area contributed by atoms with Gasteiger partial charge in [-0.3, -0.25) is 4.79 Å². The van der Waals surface area contributed by atoms with E-state index in [0.717, 1.165) is 16.9 Å². The highest BCUT2D eigenvalue weighted by atomic mass is 16.5. The second kappa shape index (κ2) is 10.3. The molecule has 2 rings (SSSR count). The predicted molar refractivity (Wildman–Crippen MR) is 109 cm³/mol. The molecule has 29 heavy (non-hydrogen) atoms. The van der Waals surface area contributed by atoms with Crippen molar-refractivity contribution in [1.29, 1.82) is 0 Å². The second-order valence-electron chi connectivity index (χ2n) is 6.01. The van der Waals surface area contributed by atoms with Gasteiger partial charge in [-0.2, -0.15) is 5.10 Å². The number of hydrazone groups is 1. The number of nitrogens with one attached hydrogen (secondary N) is 1. The van der Waals surface area contributed by atoms with Crippen molar-refractivity contribution in [1.82, 2.24) is 5.43 Å². The van der Waals surface area contributed by atoms with Crippen LogP contribution in [0, 0.1) is 0 Å². The van der Waals surface area contributed by atoms with Crippen molar-refractivity contribution in [3.63, 3.8) is 0 Å². The number of hydrogen-bond donors (Lipinski definition) is 1. The first-order valence-corrected chi connectivity index (χ1v) is 8.79. The molecule has 156 valence electrons. The second-order valence-corrected chi connectivity index (χ2v) is 6.01. The van der Waals surface area contributed by atoms with Gasteiger partial charge in [0, 0.05) is 18.2 Å². The summed E-state index contributed by atoms with van der Waals surface area (Å²) in [6.45, 7) is 2.20. The molecule has 0 spiro atoms. The van der Waals surface area contributed by atoms with Crippen molar-refractivity contribution >= 4 is 11.6 Å². The maximum atomic E-state index is 12.6. The van der Waals surface area contributed by atoms with Crippen molar-refractivity contribution in [3.8, 4) is 23.0 Å². The lowest BCUT2D eigenvalue weighted by atomic mass is 10.1. The Bertz CT molecular complexity index is 870. The Labute approximate surface area is 170 Å². The van der Waals surface area contributed by atoms with Crippen LogP contribution in [0.25, 0.3) is 0 Å². The summed E-state index contributed by atoms with van der Waals surface area (Å²) in [7, 11) is 7.70. The molecule has 2 aromatic carbocycles. The highest BCUT2D eigenvalue weighted by Crippen LogP contribution is 2.38. The van der Waals surface area contributed by atoms with Gasteiger partial charge in [0.2, 0.25) is 5.75 Å². The average molecular weight is 402 g/mol. The fourth-order valence-corrected chi connectivity index (χ4v) is 2.75. The van der Waals surface area contributed by atoms with E-state index in [4.69, 9.17) is 23.7 Å². The average Bonchev–Trinajstić information content (AvgIpc) is 2.76. The Kier molecular flexibility index (Phi) is 7.85. The summed E-state index contributed by atoms with van der Waals surface area (Å²) in [5, 5.41) is 4.20. The summed E-state index contributed by atoms with van der Waals surface area (Å²) in [5.74, 6) is 1.50. The van der Waals surface area contributed by atoms with Crippen molar-refractivity contribution in [2.45, 2.75) is 13.5 Å². The van der Waals surface area contributed by atoms with E-state index < -0.39 is 5.91 Å². The van der Waals surface area contributed by atoms with Gasteiger partial charge in [-0.25, -0.2) is 5.43 Å². The maximum absolute atomic E-state index is 12.6.